The van der Waals surface area contributed by atoms with Crippen LogP contribution in [0.3, 0.4) is 0 Å². The number of benzene rings is 3. The number of hydrogen-bond donors (Lipinski definition) is 1. The van der Waals surface area contributed by atoms with Gasteiger partial charge in [0.25, 0.3) is 5.91 Å². The zero-order chi connectivity index (χ0) is 20.1. The van der Waals surface area contributed by atoms with Crippen LogP contribution in [0.1, 0.15) is 21.5 Å². The summed E-state index contributed by atoms with van der Waals surface area (Å²) in [6.45, 7) is 0. The molecule has 0 fully saturated rings. The number of amides is 1. The van der Waals surface area contributed by atoms with Gasteiger partial charge in [-0.05, 0) is 71.1 Å². The highest BCUT2D eigenvalue weighted by Crippen LogP contribution is 2.33. The number of aryl methyl sites for hydroxylation is 2. The summed E-state index contributed by atoms with van der Waals surface area (Å²) in [5, 5.41) is 5.27. The number of fused-ring (bicyclic) bond motifs is 1. The van der Waals surface area contributed by atoms with E-state index in [1.807, 2.05) is 48.5 Å². The Morgan fingerprint density at radius 3 is 2.63 bits per heavy atom. The fourth-order valence-electron chi connectivity index (χ4n) is 4.27. The van der Waals surface area contributed by atoms with E-state index in [0.29, 0.717) is 28.2 Å². The zero-order valence-corrected chi connectivity index (χ0v) is 16.1. The Labute approximate surface area is 172 Å². The van der Waals surface area contributed by atoms with Crippen molar-refractivity contribution in [3.63, 3.8) is 0 Å². The lowest BCUT2D eigenvalue weighted by Gasteiger charge is -2.10. The first-order valence-corrected chi connectivity index (χ1v) is 9.92. The molecule has 5 heteroatoms. The van der Waals surface area contributed by atoms with Crippen molar-refractivity contribution < 1.29 is 9.21 Å². The molecule has 0 unspecified atom stereocenters. The van der Waals surface area contributed by atoms with E-state index < -0.39 is 0 Å². The number of oxazole rings is 1. The van der Waals surface area contributed by atoms with Crippen LogP contribution in [0.25, 0.3) is 33.3 Å². The molecule has 144 valence electrons. The predicted molar refractivity (Wildman–Crippen MR) is 117 cm³/mol. The molecule has 5 nitrogen and oxygen atoms in total. The number of rotatable bonds is 3. The first-order chi connectivity index (χ1) is 14.8. The monoisotopic (exact) mass is 391 g/mol. The second-order valence-corrected chi connectivity index (χ2v) is 7.50. The van der Waals surface area contributed by atoms with E-state index in [1.54, 1.807) is 12.4 Å². The number of nitrogens with one attached hydrogen (secondary N) is 1. The Kier molecular flexibility index (Phi) is 3.68. The molecule has 30 heavy (non-hydrogen) atoms. The molecule has 2 aromatic heterocycles. The lowest BCUT2D eigenvalue weighted by molar-refractivity contribution is 0.102. The molecule has 1 aliphatic carbocycles. The highest BCUT2D eigenvalue weighted by Gasteiger charge is 2.19. The Bertz CT molecular complexity index is 1430. The first kappa shape index (κ1) is 16.9. The molecular weight excluding hydrogens is 374 g/mol. The smallest absolute Gasteiger partial charge is 0.256 e. The minimum atomic E-state index is -0.122. The zero-order valence-electron chi connectivity index (χ0n) is 16.1. The summed E-state index contributed by atoms with van der Waals surface area (Å²) >= 11 is 0. The summed E-state index contributed by atoms with van der Waals surface area (Å²) in [5.41, 5.74) is 6.25. The molecule has 2 heterocycles. The Hall–Kier alpha value is -3.99. The van der Waals surface area contributed by atoms with Crippen LogP contribution >= 0.6 is 0 Å². The number of anilines is 1. The van der Waals surface area contributed by atoms with Gasteiger partial charge >= 0.3 is 0 Å². The van der Waals surface area contributed by atoms with Gasteiger partial charge in [-0.3, -0.25) is 9.78 Å². The SMILES string of the molecule is O=C(Nc1ccc2oc(-c3ccncc3)nc2c1)c1ccc2c3c(cccc13)CC2. The van der Waals surface area contributed by atoms with Gasteiger partial charge in [0, 0.05) is 29.2 Å². The number of nitrogens with zero attached hydrogens (tertiary/aromatic N) is 2. The highest BCUT2D eigenvalue weighted by molar-refractivity contribution is 6.14. The number of hydrogen-bond acceptors (Lipinski definition) is 4. The molecule has 0 saturated heterocycles. The van der Waals surface area contributed by atoms with Gasteiger partial charge in [0.05, 0.1) is 0 Å². The summed E-state index contributed by atoms with van der Waals surface area (Å²) in [7, 11) is 0. The van der Waals surface area contributed by atoms with E-state index in [9.17, 15) is 4.79 Å². The Balaban J connectivity index is 1.34. The van der Waals surface area contributed by atoms with Gasteiger partial charge in [-0.2, -0.15) is 0 Å². The molecule has 1 amide bonds. The third kappa shape index (κ3) is 2.67. The fourth-order valence-corrected chi connectivity index (χ4v) is 4.27. The van der Waals surface area contributed by atoms with Crippen molar-refractivity contribution in [2.24, 2.45) is 0 Å². The Morgan fingerprint density at radius 1 is 0.933 bits per heavy atom. The van der Waals surface area contributed by atoms with Gasteiger partial charge in [-0.25, -0.2) is 4.98 Å². The topological polar surface area (TPSA) is 68.0 Å². The number of pyridine rings is 1. The van der Waals surface area contributed by atoms with Crippen molar-refractivity contribution in [1.29, 1.82) is 0 Å². The quantitative estimate of drug-likeness (QED) is 0.447. The van der Waals surface area contributed by atoms with Crippen molar-refractivity contribution in [2.75, 3.05) is 5.32 Å². The molecule has 0 radical (unpaired) electrons. The molecule has 1 aliphatic rings. The maximum atomic E-state index is 13.1. The van der Waals surface area contributed by atoms with Gasteiger partial charge in [0.1, 0.15) is 5.52 Å². The normalized spacial score (nSPS) is 12.5. The molecule has 5 aromatic rings. The maximum absolute atomic E-state index is 13.1. The van der Waals surface area contributed by atoms with Crippen molar-refractivity contribution in [3.8, 4) is 11.5 Å². The first-order valence-electron chi connectivity index (χ1n) is 9.92. The molecule has 1 N–H and O–H groups in total. The second kappa shape index (κ2) is 6.52. The van der Waals surface area contributed by atoms with E-state index in [2.05, 4.69) is 27.4 Å². The average molecular weight is 391 g/mol. The van der Waals surface area contributed by atoms with Crippen LogP contribution in [0.4, 0.5) is 5.69 Å². The standard InChI is InChI=1S/C25H17N3O2/c29-24(20-8-6-16-5-4-15-2-1-3-19(20)23(15)16)27-18-7-9-22-21(14-18)28-25(30-22)17-10-12-26-13-11-17/h1-3,6-14H,4-5H2,(H,27,29). The van der Waals surface area contributed by atoms with Gasteiger partial charge in [-0.1, -0.05) is 24.3 Å². The van der Waals surface area contributed by atoms with Crippen LogP contribution in [0.5, 0.6) is 0 Å². The van der Waals surface area contributed by atoms with Gasteiger partial charge in [0.2, 0.25) is 5.89 Å². The minimum absolute atomic E-state index is 0.122. The van der Waals surface area contributed by atoms with E-state index in [4.69, 9.17) is 4.42 Å². The molecule has 0 spiro atoms. The van der Waals surface area contributed by atoms with E-state index >= 15 is 0 Å². The molecule has 0 saturated carbocycles. The summed E-state index contributed by atoms with van der Waals surface area (Å²) in [5.74, 6) is 0.409. The van der Waals surface area contributed by atoms with E-state index in [0.717, 1.165) is 23.8 Å². The van der Waals surface area contributed by atoms with Crippen molar-refractivity contribution in [3.05, 3.63) is 89.7 Å². The number of carbonyl (C=O) groups excluding carboxylic acids is 1. The molecule has 3 aromatic carbocycles. The van der Waals surface area contributed by atoms with Crippen molar-refractivity contribution in [1.82, 2.24) is 9.97 Å². The van der Waals surface area contributed by atoms with Gasteiger partial charge < -0.3 is 9.73 Å². The molecule has 0 aliphatic heterocycles. The average Bonchev–Trinajstić information content (AvgIpc) is 3.40. The molecule has 0 bridgehead atoms. The fraction of sp³-hybridized carbons (Fsp3) is 0.0800. The van der Waals surface area contributed by atoms with Crippen molar-refractivity contribution in [2.45, 2.75) is 12.8 Å². The van der Waals surface area contributed by atoms with E-state index in [-0.39, 0.29) is 5.91 Å². The molecule has 6 rings (SSSR count). The van der Waals surface area contributed by atoms with Gasteiger partial charge in [0.15, 0.2) is 5.58 Å². The van der Waals surface area contributed by atoms with Crippen LogP contribution in [0.15, 0.2) is 77.5 Å². The summed E-state index contributed by atoms with van der Waals surface area (Å²) in [6, 6.07) is 19.4. The van der Waals surface area contributed by atoms with Crippen LogP contribution < -0.4 is 5.32 Å². The third-order valence-electron chi connectivity index (χ3n) is 5.69. The predicted octanol–water partition coefficient (Wildman–Crippen LogP) is 5.39. The lowest BCUT2D eigenvalue weighted by atomic mass is 9.99. The van der Waals surface area contributed by atoms with Crippen LogP contribution in [0.2, 0.25) is 0 Å². The van der Waals surface area contributed by atoms with Crippen molar-refractivity contribution >= 4 is 33.5 Å². The Morgan fingerprint density at radius 2 is 1.77 bits per heavy atom. The number of carbonyl (C=O) groups is 1. The van der Waals surface area contributed by atoms with Crippen LogP contribution in [-0.2, 0) is 12.8 Å². The summed E-state index contributed by atoms with van der Waals surface area (Å²) in [6.07, 6.45) is 5.49. The van der Waals surface area contributed by atoms with Crippen LogP contribution in [-0.4, -0.2) is 15.9 Å². The summed E-state index contributed by atoms with van der Waals surface area (Å²) < 4.78 is 5.84. The highest BCUT2D eigenvalue weighted by atomic mass is 16.3. The second-order valence-electron chi connectivity index (χ2n) is 7.50. The minimum Gasteiger partial charge on any atom is -0.436 e. The maximum Gasteiger partial charge on any atom is 0.256 e. The lowest BCUT2D eigenvalue weighted by Crippen LogP contribution is -2.12. The molecule has 0 atom stereocenters. The van der Waals surface area contributed by atoms with Gasteiger partial charge in [-0.15, -0.1) is 0 Å². The summed E-state index contributed by atoms with van der Waals surface area (Å²) in [4.78, 5) is 21.7. The third-order valence-corrected chi connectivity index (χ3v) is 5.69. The van der Waals surface area contributed by atoms with Crippen LogP contribution in [0, 0.1) is 0 Å². The number of aromatic nitrogens is 2. The van der Waals surface area contributed by atoms with E-state index in [1.165, 1.54) is 16.5 Å². The molecular formula is C25H17N3O2. The largest absolute Gasteiger partial charge is 0.436 e.